The number of likely N-dealkylation sites (tertiary alicyclic amines) is 1. The van der Waals surface area contributed by atoms with Crippen LogP contribution < -0.4 is 0 Å². The highest BCUT2D eigenvalue weighted by atomic mass is 19.4. The molecule has 1 aliphatic heterocycles. The summed E-state index contributed by atoms with van der Waals surface area (Å²) >= 11 is 0. The van der Waals surface area contributed by atoms with Gasteiger partial charge in [-0.2, -0.15) is 13.2 Å². The zero-order chi connectivity index (χ0) is 10.6. The summed E-state index contributed by atoms with van der Waals surface area (Å²) in [5.74, 6) is 1.29. The van der Waals surface area contributed by atoms with Crippen molar-refractivity contribution in [3.05, 3.63) is 0 Å². The number of rotatable bonds is 2. The second-order valence-corrected chi connectivity index (χ2v) is 3.64. The topological polar surface area (TPSA) is 3.24 Å². The van der Waals surface area contributed by atoms with E-state index in [1.54, 1.807) is 0 Å². The van der Waals surface area contributed by atoms with E-state index in [1.165, 1.54) is 0 Å². The lowest BCUT2D eigenvalue weighted by atomic mass is 9.97. The van der Waals surface area contributed by atoms with Gasteiger partial charge < -0.3 is 4.90 Å². The number of terminal acetylenes is 1. The molecule has 0 aliphatic carbocycles. The first-order chi connectivity index (χ1) is 6.54. The zero-order valence-corrected chi connectivity index (χ0v) is 7.98. The molecule has 0 amide bonds. The van der Waals surface area contributed by atoms with Crippen LogP contribution in [0, 0.1) is 18.3 Å². The van der Waals surface area contributed by atoms with Gasteiger partial charge in [-0.1, -0.05) is 0 Å². The highest BCUT2D eigenvalue weighted by Crippen LogP contribution is 2.32. The molecule has 1 unspecified atom stereocenters. The standard InChI is InChI=1S/C10H14F3N/c1-2-3-6-14-7-4-5-9(8-14)10(11,12)13/h1,9H,3-8H2. The normalized spacial score (nSPS) is 24.6. The van der Waals surface area contributed by atoms with E-state index in [4.69, 9.17) is 6.42 Å². The van der Waals surface area contributed by atoms with E-state index in [0.29, 0.717) is 19.4 Å². The molecule has 0 bridgehead atoms. The van der Waals surface area contributed by atoms with Crippen molar-refractivity contribution in [2.75, 3.05) is 19.6 Å². The third kappa shape index (κ3) is 3.22. The maximum atomic E-state index is 12.4. The lowest BCUT2D eigenvalue weighted by molar-refractivity contribution is -0.186. The smallest absolute Gasteiger partial charge is 0.302 e. The molecule has 0 aromatic heterocycles. The van der Waals surface area contributed by atoms with Gasteiger partial charge in [-0.15, -0.1) is 12.3 Å². The van der Waals surface area contributed by atoms with Crippen LogP contribution in [0.25, 0.3) is 0 Å². The van der Waals surface area contributed by atoms with E-state index < -0.39 is 12.1 Å². The SMILES string of the molecule is C#CCCN1CCCC(C(F)(F)F)C1. The summed E-state index contributed by atoms with van der Waals surface area (Å²) in [7, 11) is 0. The number of halogens is 3. The summed E-state index contributed by atoms with van der Waals surface area (Å²) in [5.41, 5.74) is 0. The number of alkyl halides is 3. The first-order valence-corrected chi connectivity index (χ1v) is 4.76. The van der Waals surface area contributed by atoms with Gasteiger partial charge in [0.15, 0.2) is 0 Å². The fourth-order valence-electron chi connectivity index (χ4n) is 1.75. The average molecular weight is 205 g/mol. The van der Waals surface area contributed by atoms with Crippen LogP contribution in [0.3, 0.4) is 0 Å². The highest BCUT2D eigenvalue weighted by Gasteiger charge is 2.41. The van der Waals surface area contributed by atoms with Gasteiger partial charge in [0.25, 0.3) is 0 Å². The molecule has 14 heavy (non-hydrogen) atoms. The van der Waals surface area contributed by atoms with Crippen molar-refractivity contribution < 1.29 is 13.2 Å². The summed E-state index contributed by atoms with van der Waals surface area (Å²) in [4.78, 5) is 1.81. The minimum atomic E-state index is -4.05. The second-order valence-electron chi connectivity index (χ2n) is 3.64. The Balaban J connectivity index is 2.40. The first kappa shape index (κ1) is 11.4. The van der Waals surface area contributed by atoms with Crippen LogP contribution in [-0.4, -0.2) is 30.7 Å². The number of nitrogens with zero attached hydrogens (tertiary/aromatic N) is 1. The van der Waals surface area contributed by atoms with Crippen LogP contribution >= 0.6 is 0 Å². The van der Waals surface area contributed by atoms with Crippen LogP contribution in [0.4, 0.5) is 13.2 Å². The Morgan fingerprint density at radius 2 is 2.14 bits per heavy atom. The molecule has 0 spiro atoms. The Labute approximate surface area is 82.3 Å². The largest absolute Gasteiger partial charge is 0.393 e. The molecule has 1 heterocycles. The fraction of sp³-hybridized carbons (Fsp3) is 0.800. The lowest BCUT2D eigenvalue weighted by Gasteiger charge is -2.33. The van der Waals surface area contributed by atoms with Crippen molar-refractivity contribution in [2.45, 2.75) is 25.4 Å². The molecular weight excluding hydrogens is 191 g/mol. The minimum absolute atomic E-state index is 0.116. The van der Waals surface area contributed by atoms with E-state index in [2.05, 4.69) is 5.92 Å². The van der Waals surface area contributed by atoms with Crippen molar-refractivity contribution in [1.82, 2.24) is 4.90 Å². The van der Waals surface area contributed by atoms with E-state index in [1.807, 2.05) is 4.90 Å². The molecule has 1 saturated heterocycles. The van der Waals surface area contributed by atoms with Crippen molar-refractivity contribution in [3.8, 4) is 12.3 Å². The van der Waals surface area contributed by atoms with Gasteiger partial charge in [-0.05, 0) is 19.4 Å². The van der Waals surface area contributed by atoms with Gasteiger partial charge in [0.05, 0.1) is 5.92 Å². The number of piperidine rings is 1. The van der Waals surface area contributed by atoms with Crippen molar-refractivity contribution in [2.24, 2.45) is 5.92 Å². The van der Waals surface area contributed by atoms with E-state index in [-0.39, 0.29) is 13.0 Å². The van der Waals surface area contributed by atoms with E-state index in [9.17, 15) is 13.2 Å². The Morgan fingerprint density at radius 3 is 2.71 bits per heavy atom. The van der Waals surface area contributed by atoms with Crippen LogP contribution in [0.1, 0.15) is 19.3 Å². The zero-order valence-electron chi connectivity index (χ0n) is 7.98. The predicted octanol–water partition coefficient (Wildman–Crippen LogP) is 2.28. The van der Waals surface area contributed by atoms with Crippen LogP contribution in [0.5, 0.6) is 0 Å². The molecule has 0 N–H and O–H groups in total. The Morgan fingerprint density at radius 1 is 1.43 bits per heavy atom. The second kappa shape index (κ2) is 4.70. The Hall–Kier alpha value is -0.690. The molecule has 0 radical (unpaired) electrons. The fourth-order valence-corrected chi connectivity index (χ4v) is 1.75. The summed E-state index contributed by atoms with van der Waals surface area (Å²) in [6, 6.07) is 0. The number of hydrogen-bond acceptors (Lipinski definition) is 1. The minimum Gasteiger partial charge on any atom is -0.302 e. The Kier molecular flexibility index (Phi) is 3.82. The Bertz CT molecular complexity index is 216. The maximum absolute atomic E-state index is 12.4. The van der Waals surface area contributed by atoms with Crippen molar-refractivity contribution in [1.29, 1.82) is 0 Å². The highest BCUT2D eigenvalue weighted by molar-refractivity contribution is 4.86. The molecular formula is C10H14F3N. The lowest BCUT2D eigenvalue weighted by Crippen LogP contribution is -2.41. The molecule has 4 heteroatoms. The van der Waals surface area contributed by atoms with Gasteiger partial charge in [0, 0.05) is 19.5 Å². The first-order valence-electron chi connectivity index (χ1n) is 4.76. The summed E-state index contributed by atoms with van der Waals surface area (Å²) in [6.45, 7) is 1.45. The summed E-state index contributed by atoms with van der Waals surface area (Å²) < 4.78 is 37.1. The maximum Gasteiger partial charge on any atom is 0.393 e. The third-order valence-electron chi connectivity index (χ3n) is 2.54. The molecule has 1 rings (SSSR count). The summed E-state index contributed by atoms with van der Waals surface area (Å²) in [5, 5.41) is 0. The molecule has 1 nitrogen and oxygen atoms in total. The van der Waals surface area contributed by atoms with Gasteiger partial charge in [-0.25, -0.2) is 0 Å². The predicted molar refractivity (Wildman–Crippen MR) is 48.7 cm³/mol. The average Bonchev–Trinajstić information content (AvgIpc) is 2.14. The molecule has 80 valence electrons. The molecule has 1 atom stereocenters. The van der Waals surface area contributed by atoms with Gasteiger partial charge >= 0.3 is 6.18 Å². The molecule has 0 aromatic carbocycles. The van der Waals surface area contributed by atoms with Gasteiger partial charge in [-0.3, -0.25) is 0 Å². The molecule has 0 saturated carbocycles. The van der Waals surface area contributed by atoms with Gasteiger partial charge in [0.2, 0.25) is 0 Å². The van der Waals surface area contributed by atoms with Crippen molar-refractivity contribution in [3.63, 3.8) is 0 Å². The van der Waals surface area contributed by atoms with Crippen LogP contribution in [0.2, 0.25) is 0 Å². The van der Waals surface area contributed by atoms with Crippen LogP contribution in [-0.2, 0) is 0 Å². The van der Waals surface area contributed by atoms with E-state index >= 15 is 0 Å². The van der Waals surface area contributed by atoms with Crippen LogP contribution in [0.15, 0.2) is 0 Å². The molecule has 1 fully saturated rings. The molecule has 1 aliphatic rings. The van der Waals surface area contributed by atoms with Crippen molar-refractivity contribution >= 4 is 0 Å². The quantitative estimate of drug-likeness (QED) is 0.625. The summed E-state index contributed by atoms with van der Waals surface area (Å²) in [6.07, 6.45) is 2.43. The van der Waals surface area contributed by atoms with E-state index in [0.717, 1.165) is 6.54 Å². The van der Waals surface area contributed by atoms with Gasteiger partial charge in [0.1, 0.15) is 0 Å². The monoisotopic (exact) mass is 205 g/mol. The molecule has 0 aromatic rings. The number of hydrogen-bond donors (Lipinski definition) is 0. The third-order valence-corrected chi connectivity index (χ3v) is 2.54.